The number of aryl methyl sites for hydroxylation is 2. The minimum atomic E-state index is 0.0121. The summed E-state index contributed by atoms with van der Waals surface area (Å²) in [6, 6.07) is 5.63. The van der Waals surface area contributed by atoms with Gasteiger partial charge in [0.05, 0.1) is 11.8 Å². The maximum atomic E-state index is 12.1. The van der Waals surface area contributed by atoms with Crippen molar-refractivity contribution in [1.29, 1.82) is 0 Å². The second-order valence-electron chi connectivity index (χ2n) is 3.69. The van der Waals surface area contributed by atoms with Crippen LogP contribution in [0.3, 0.4) is 0 Å². The largest absolute Gasteiger partial charge is 0.288 e. The number of hydrogen-bond donors (Lipinski definition) is 0. The van der Waals surface area contributed by atoms with Crippen LogP contribution in [-0.2, 0) is 7.05 Å². The van der Waals surface area contributed by atoms with Crippen LogP contribution in [0.2, 0.25) is 0 Å². The molecule has 16 heavy (non-hydrogen) atoms. The van der Waals surface area contributed by atoms with Crippen molar-refractivity contribution in [2.75, 3.05) is 0 Å². The Morgan fingerprint density at radius 2 is 2.19 bits per heavy atom. The molecule has 0 bridgehead atoms. The molecule has 4 heteroatoms. The fraction of sp³-hybridized carbons (Fsp3) is 0.167. The predicted octanol–water partition coefficient (Wildman–Crippen LogP) is 2.72. The Morgan fingerprint density at radius 1 is 1.44 bits per heavy atom. The topological polar surface area (TPSA) is 34.9 Å². The molecule has 2 aromatic rings. The summed E-state index contributed by atoms with van der Waals surface area (Å²) in [5.74, 6) is 0.0121. The van der Waals surface area contributed by atoms with Gasteiger partial charge < -0.3 is 0 Å². The van der Waals surface area contributed by atoms with Gasteiger partial charge in [-0.05, 0) is 30.7 Å². The molecule has 0 spiro atoms. The average molecular weight is 279 g/mol. The van der Waals surface area contributed by atoms with Gasteiger partial charge in [0.2, 0.25) is 0 Å². The number of aromatic nitrogens is 2. The van der Waals surface area contributed by atoms with Crippen molar-refractivity contribution in [1.82, 2.24) is 9.78 Å². The van der Waals surface area contributed by atoms with Gasteiger partial charge in [-0.1, -0.05) is 15.9 Å². The lowest BCUT2D eigenvalue weighted by Gasteiger charge is -2.03. The molecule has 0 saturated carbocycles. The summed E-state index contributed by atoms with van der Waals surface area (Å²) >= 11 is 3.38. The Kier molecular flexibility index (Phi) is 2.92. The van der Waals surface area contributed by atoms with Crippen LogP contribution in [0, 0.1) is 6.92 Å². The molecular formula is C12H11BrN2O. The monoisotopic (exact) mass is 278 g/mol. The lowest BCUT2D eigenvalue weighted by Crippen LogP contribution is -2.02. The molecule has 3 nitrogen and oxygen atoms in total. The third-order valence-electron chi connectivity index (χ3n) is 2.40. The van der Waals surface area contributed by atoms with Gasteiger partial charge in [-0.2, -0.15) is 5.10 Å². The van der Waals surface area contributed by atoms with Gasteiger partial charge in [0, 0.05) is 23.3 Å². The van der Waals surface area contributed by atoms with Crippen LogP contribution >= 0.6 is 15.9 Å². The zero-order valence-corrected chi connectivity index (χ0v) is 10.7. The molecule has 2 rings (SSSR count). The second kappa shape index (κ2) is 4.22. The molecule has 0 aliphatic heterocycles. The van der Waals surface area contributed by atoms with E-state index in [2.05, 4.69) is 21.0 Å². The second-order valence-corrected chi connectivity index (χ2v) is 4.61. The zero-order chi connectivity index (χ0) is 11.7. The van der Waals surface area contributed by atoms with Crippen LogP contribution in [0.4, 0.5) is 0 Å². The lowest BCUT2D eigenvalue weighted by atomic mass is 10.0. The summed E-state index contributed by atoms with van der Waals surface area (Å²) in [6.45, 7) is 1.92. The first-order valence-corrected chi connectivity index (χ1v) is 5.67. The standard InChI is InChI=1S/C12H11BrN2O/c1-8-5-10(13)3-4-11(8)12(16)9-6-14-15(2)7-9/h3-7H,1-2H3. The van der Waals surface area contributed by atoms with E-state index in [0.717, 1.165) is 15.6 Å². The van der Waals surface area contributed by atoms with Crippen LogP contribution < -0.4 is 0 Å². The number of halogens is 1. The summed E-state index contributed by atoms with van der Waals surface area (Å²) in [5, 5.41) is 4.00. The lowest BCUT2D eigenvalue weighted by molar-refractivity contribution is 0.103. The SMILES string of the molecule is Cc1cc(Br)ccc1C(=O)c1cnn(C)c1. The third-order valence-corrected chi connectivity index (χ3v) is 2.89. The van der Waals surface area contributed by atoms with E-state index in [9.17, 15) is 4.79 Å². The van der Waals surface area contributed by atoms with Crippen LogP contribution in [0.15, 0.2) is 35.1 Å². The summed E-state index contributed by atoms with van der Waals surface area (Å²) in [4.78, 5) is 12.1. The summed E-state index contributed by atoms with van der Waals surface area (Å²) in [5.41, 5.74) is 2.30. The van der Waals surface area contributed by atoms with Crippen molar-refractivity contribution >= 4 is 21.7 Å². The van der Waals surface area contributed by atoms with E-state index in [-0.39, 0.29) is 5.78 Å². The molecule has 0 aliphatic rings. The van der Waals surface area contributed by atoms with Crippen molar-refractivity contribution in [2.45, 2.75) is 6.92 Å². The number of rotatable bonds is 2. The Hall–Kier alpha value is -1.42. The summed E-state index contributed by atoms with van der Waals surface area (Å²) < 4.78 is 2.61. The minimum absolute atomic E-state index is 0.0121. The fourth-order valence-corrected chi connectivity index (χ4v) is 2.05. The van der Waals surface area contributed by atoms with Gasteiger partial charge in [0.25, 0.3) is 0 Å². The first-order valence-electron chi connectivity index (χ1n) is 4.87. The number of nitrogens with zero attached hydrogens (tertiary/aromatic N) is 2. The van der Waals surface area contributed by atoms with Crippen LogP contribution in [0.1, 0.15) is 21.5 Å². The molecule has 0 amide bonds. The van der Waals surface area contributed by atoms with E-state index in [1.807, 2.05) is 25.1 Å². The van der Waals surface area contributed by atoms with Crippen molar-refractivity contribution in [2.24, 2.45) is 7.05 Å². The molecule has 0 saturated heterocycles. The van der Waals surface area contributed by atoms with Crippen LogP contribution in [0.5, 0.6) is 0 Å². The van der Waals surface area contributed by atoms with Crippen molar-refractivity contribution < 1.29 is 4.79 Å². The van der Waals surface area contributed by atoms with E-state index in [1.54, 1.807) is 24.1 Å². The number of carbonyl (C=O) groups is 1. The van der Waals surface area contributed by atoms with Crippen LogP contribution in [-0.4, -0.2) is 15.6 Å². The van der Waals surface area contributed by atoms with E-state index in [4.69, 9.17) is 0 Å². The molecule has 0 aliphatic carbocycles. The number of ketones is 1. The van der Waals surface area contributed by atoms with Crippen molar-refractivity contribution in [3.63, 3.8) is 0 Å². The number of benzene rings is 1. The van der Waals surface area contributed by atoms with E-state index in [1.165, 1.54) is 0 Å². The van der Waals surface area contributed by atoms with E-state index in [0.29, 0.717) is 5.56 Å². The van der Waals surface area contributed by atoms with Crippen LogP contribution in [0.25, 0.3) is 0 Å². The smallest absolute Gasteiger partial charge is 0.196 e. The molecule has 1 aromatic carbocycles. The van der Waals surface area contributed by atoms with Gasteiger partial charge >= 0.3 is 0 Å². The highest BCUT2D eigenvalue weighted by Crippen LogP contribution is 2.18. The molecule has 0 atom stereocenters. The van der Waals surface area contributed by atoms with E-state index >= 15 is 0 Å². The van der Waals surface area contributed by atoms with E-state index < -0.39 is 0 Å². The maximum Gasteiger partial charge on any atom is 0.196 e. The quantitative estimate of drug-likeness (QED) is 0.792. The van der Waals surface area contributed by atoms with Gasteiger partial charge in [-0.3, -0.25) is 9.48 Å². The Labute approximate surface area is 102 Å². The first-order chi connectivity index (χ1) is 7.58. The van der Waals surface area contributed by atoms with Gasteiger partial charge in [-0.15, -0.1) is 0 Å². The Bertz CT molecular complexity index is 546. The van der Waals surface area contributed by atoms with Crippen molar-refractivity contribution in [3.8, 4) is 0 Å². The first kappa shape index (κ1) is 11.1. The zero-order valence-electron chi connectivity index (χ0n) is 9.07. The molecule has 0 N–H and O–H groups in total. The number of carbonyl (C=O) groups excluding carboxylic acids is 1. The third kappa shape index (κ3) is 2.07. The van der Waals surface area contributed by atoms with Crippen molar-refractivity contribution in [3.05, 3.63) is 51.8 Å². The Morgan fingerprint density at radius 3 is 2.75 bits per heavy atom. The summed E-state index contributed by atoms with van der Waals surface area (Å²) in [7, 11) is 1.80. The molecule has 0 radical (unpaired) electrons. The summed E-state index contributed by atoms with van der Waals surface area (Å²) in [6.07, 6.45) is 3.31. The molecule has 1 heterocycles. The normalized spacial score (nSPS) is 10.4. The number of hydrogen-bond acceptors (Lipinski definition) is 2. The molecular weight excluding hydrogens is 268 g/mol. The Balaban J connectivity index is 2.41. The van der Waals surface area contributed by atoms with Gasteiger partial charge in [0.1, 0.15) is 0 Å². The highest BCUT2D eigenvalue weighted by molar-refractivity contribution is 9.10. The van der Waals surface area contributed by atoms with Gasteiger partial charge in [-0.25, -0.2) is 0 Å². The predicted molar refractivity (Wildman–Crippen MR) is 65.5 cm³/mol. The molecule has 0 unspecified atom stereocenters. The highest BCUT2D eigenvalue weighted by atomic mass is 79.9. The molecule has 1 aromatic heterocycles. The molecule has 0 fully saturated rings. The highest BCUT2D eigenvalue weighted by Gasteiger charge is 2.13. The van der Waals surface area contributed by atoms with Gasteiger partial charge in [0.15, 0.2) is 5.78 Å². The average Bonchev–Trinajstić information content (AvgIpc) is 2.64. The molecule has 82 valence electrons. The maximum absolute atomic E-state index is 12.1. The minimum Gasteiger partial charge on any atom is -0.288 e. The fourth-order valence-electron chi connectivity index (χ4n) is 1.58.